The number of methoxy groups -OCH3 is 1. The van der Waals surface area contributed by atoms with Crippen molar-refractivity contribution in [2.45, 2.75) is 62.7 Å². The van der Waals surface area contributed by atoms with Crippen molar-refractivity contribution in [1.29, 1.82) is 0 Å². The van der Waals surface area contributed by atoms with Gasteiger partial charge in [0.15, 0.2) is 5.66 Å². The zero-order valence-electron chi connectivity index (χ0n) is 17.7. The van der Waals surface area contributed by atoms with Crippen molar-refractivity contribution in [1.82, 2.24) is 5.32 Å². The van der Waals surface area contributed by atoms with Gasteiger partial charge in [0.2, 0.25) is 0 Å². The number of hydrogen-bond donors (Lipinski definition) is 1. The van der Waals surface area contributed by atoms with E-state index >= 15 is 0 Å². The molecule has 0 aromatic heterocycles. The zero-order chi connectivity index (χ0) is 22.6. The minimum atomic E-state index is -3.93. The van der Waals surface area contributed by atoms with Crippen molar-refractivity contribution >= 4 is 22.2 Å². The largest absolute Gasteiger partial charge is 0.467 e. The Morgan fingerprint density at radius 1 is 1.17 bits per heavy atom. The van der Waals surface area contributed by atoms with E-state index in [1.54, 1.807) is 32.9 Å². The van der Waals surface area contributed by atoms with Gasteiger partial charge in [-0.15, -0.1) is 0 Å². The standard InChI is InChI=1S/C19H27N3O7S/c1-13-6-8-14(9-7-13)30(25,26)28-11-10-19(21-22-19)12-15(16(23)27-5)20-17(24)29-18(2,3)4/h6-9,15H,10-12H2,1-5H3,(H,20,24)/t15-/m0/s1. The summed E-state index contributed by atoms with van der Waals surface area (Å²) < 4.78 is 39.5. The number of nitrogens with one attached hydrogen (secondary N) is 1. The molecule has 0 spiro atoms. The number of ether oxygens (including phenoxy) is 2. The van der Waals surface area contributed by atoms with Gasteiger partial charge in [-0.2, -0.15) is 18.6 Å². The molecular formula is C19H27N3O7S. The Kier molecular flexibility index (Phi) is 7.19. The van der Waals surface area contributed by atoms with Crippen molar-refractivity contribution in [3.05, 3.63) is 29.8 Å². The van der Waals surface area contributed by atoms with Crippen molar-refractivity contribution in [2.75, 3.05) is 13.7 Å². The summed E-state index contributed by atoms with van der Waals surface area (Å²) in [7, 11) is -2.73. The van der Waals surface area contributed by atoms with Crippen LogP contribution in [0.3, 0.4) is 0 Å². The lowest BCUT2D eigenvalue weighted by atomic mass is 10.0. The van der Waals surface area contributed by atoms with Crippen molar-refractivity contribution in [2.24, 2.45) is 10.2 Å². The molecule has 30 heavy (non-hydrogen) atoms. The van der Waals surface area contributed by atoms with Crippen molar-refractivity contribution in [3.8, 4) is 0 Å². The molecule has 1 aromatic rings. The van der Waals surface area contributed by atoms with E-state index in [0.29, 0.717) is 0 Å². The first-order chi connectivity index (χ1) is 13.9. The van der Waals surface area contributed by atoms with Crippen molar-refractivity contribution in [3.63, 3.8) is 0 Å². The Morgan fingerprint density at radius 2 is 1.77 bits per heavy atom. The highest BCUT2D eigenvalue weighted by molar-refractivity contribution is 7.86. The van der Waals surface area contributed by atoms with E-state index in [2.05, 4.69) is 15.5 Å². The van der Waals surface area contributed by atoms with Crippen LogP contribution in [0.25, 0.3) is 0 Å². The summed E-state index contributed by atoms with van der Waals surface area (Å²) in [5.74, 6) is -0.689. The number of carbonyl (C=O) groups excluding carboxylic acids is 2. The fourth-order valence-electron chi connectivity index (χ4n) is 2.55. The first-order valence-electron chi connectivity index (χ1n) is 9.33. The molecule has 1 heterocycles. The number of aryl methyl sites for hydroxylation is 1. The van der Waals surface area contributed by atoms with E-state index in [0.717, 1.165) is 5.56 Å². The summed E-state index contributed by atoms with van der Waals surface area (Å²) in [5, 5.41) is 10.3. The Morgan fingerprint density at radius 3 is 2.27 bits per heavy atom. The van der Waals surface area contributed by atoms with E-state index in [1.807, 2.05) is 6.92 Å². The Bertz CT molecular complexity index is 899. The third kappa shape index (κ3) is 7.06. The zero-order valence-corrected chi connectivity index (χ0v) is 18.5. The molecule has 0 radical (unpaired) electrons. The predicted molar refractivity (Wildman–Crippen MR) is 106 cm³/mol. The normalized spacial score (nSPS) is 15.9. The van der Waals surface area contributed by atoms with E-state index in [9.17, 15) is 18.0 Å². The second-order valence-corrected chi connectivity index (χ2v) is 9.56. The number of rotatable bonds is 9. The third-order valence-corrected chi connectivity index (χ3v) is 5.47. The molecule has 166 valence electrons. The van der Waals surface area contributed by atoms with Gasteiger partial charge in [0.05, 0.1) is 18.6 Å². The molecule has 1 N–H and O–H groups in total. The van der Waals surface area contributed by atoms with E-state index < -0.39 is 39.5 Å². The molecule has 2 rings (SSSR count). The van der Waals surface area contributed by atoms with Crippen LogP contribution in [-0.4, -0.2) is 51.5 Å². The molecule has 0 bridgehead atoms. The van der Waals surface area contributed by atoms with E-state index in [4.69, 9.17) is 13.7 Å². The lowest BCUT2D eigenvalue weighted by Gasteiger charge is -2.23. The molecule has 0 saturated carbocycles. The van der Waals surface area contributed by atoms with Gasteiger partial charge >= 0.3 is 12.1 Å². The molecule has 11 heteroatoms. The minimum absolute atomic E-state index is 0.00709. The van der Waals surface area contributed by atoms with Gasteiger partial charge in [-0.25, -0.2) is 9.59 Å². The monoisotopic (exact) mass is 441 g/mol. The summed E-state index contributed by atoms with van der Waals surface area (Å²) in [6.45, 7) is 6.74. The van der Waals surface area contributed by atoms with Crippen LogP contribution in [-0.2, 0) is 28.6 Å². The molecule has 1 amide bonds. The molecule has 0 fully saturated rings. The van der Waals surface area contributed by atoms with Crippen LogP contribution in [0.2, 0.25) is 0 Å². The SMILES string of the molecule is COC(=O)[C@H](CC1(CCOS(=O)(=O)c2ccc(C)cc2)N=N1)NC(=O)OC(C)(C)C. The number of hydrogen-bond acceptors (Lipinski definition) is 9. The quantitative estimate of drug-likeness (QED) is 0.460. The van der Waals surface area contributed by atoms with E-state index in [-0.39, 0.29) is 24.3 Å². The van der Waals surface area contributed by atoms with Gasteiger partial charge < -0.3 is 14.8 Å². The average molecular weight is 442 g/mol. The van der Waals surface area contributed by atoms with Gasteiger partial charge in [0.25, 0.3) is 10.1 Å². The van der Waals surface area contributed by atoms with Crippen LogP contribution in [0, 0.1) is 6.92 Å². The van der Waals surface area contributed by atoms with Gasteiger partial charge in [-0.3, -0.25) is 4.18 Å². The number of carbonyl (C=O) groups is 2. The second-order valence-electron chi connectivity index (χ2n) is 7.95. The number of benzene rings is 1. The maximum atomic E-state index is 12.3. The van der Waals surface area contributed by atoms with Gasteiger partial charge in [-0.05, 0) is 39.8 Å². The maximum Gasteiger partial charge on any atom is 0.408 e. The Labute approximate surface area is 176 Å². The van der Waals surface area contributed by atoms with Crippen LogP contribution in [0.4, 0.5) is 4.79 Å². The lowest BCUT2D eigenvalue weighted by molar-refractivity contribution is -0.143. The highest BCUT2D eigenvalue weighted by Crippen LogP contribution is 2.37. The smallest absolute Gasteiger partial charge is 0.408 e. The summed E-state index contributed by atoms with van der Waals surface area (Å²) >= 11 is 0. The third-order valence-electron chi connectivity index (χ3n) is 4.14. The summed E-state index contributed by atoms with van der Waals surface area (Å²) in [4.78, 5) is 24.1. The highest BCUT2D eigenvalue weighted by atomic mass is 32.2. The van der Waals surface area contributed by atoms with Crippen LogP contribution < -0.4 is 5.32 Å². The van der Waals surface area contributed by atoms with Crippen LogP contribution in [0.15, 0.2) is 39.4 Å². The highest BCUT2D eigenvalue weighted by Gasteiger charge is 2.45. The van der Waals surface area contributed by atoms with Crippen LogP contribution in [0.1, 0.15) is 39.2 Å². The van der Waals surface area contributed by atoms with E-state index in [1.165, 1.54) is 19.2 Å². The molecular weight excluding hydrogens is 414 g/mol. The minimum Gasteiger partial charge on any atom is -0.467 e. The molecule has 1 aliphatic heterocycles. The topological polar surface area (TPSA) is 133 Å². The fraction of sp³-hybridized carbons (Fsp3) is 0.579. The van der Waals surface area contributed by atoms with Gasteiger partial charge in [-0.1, -0.05) is 17.7 Å². The second kappa shape index (κ2) is 9.09. The average Bonchev–Trinajstić information content (AvgIpc) is 3.38. The molecule has 0 saturated heterocycles. The van der Waals surface area contributed by atoms with Gasteiger partial charge in [0, 0.05) is 12.8 Å². The first-order valence-corrected chi connectivity index (χ1v) is 10.7. The predicted octanol–water partition coefficient (Wildman–Crippen LogP) is 2.71. The number of alkyl carbamates (subject to hydrolysis) is 1. The molecule has 1 aliphatic rings. The molecule has 0 aliphatic carbocycles. The molecule has 1 atom stereocenters. The molecule has 1 aromatic carbocycles. The molecule has 0 unspecified atom stereocenters. The van der Waals surface area contributed by atoms with Crippen molar-refractivity contribution < 1.29 is 31.7 Å². The fourth-order valence-corrected chi connectivity index (χ4v) is 3.46. The van der Waals surface area contributed by atoms with Crippen LogP contribution >= 0.6 is 0 Å². The Balaban J connectivity index is 1.94. The maximum absolute atomic E-state index is 12.3. The lowest BCUT2D eigenvalue weighted by Crippen LogP contribution is -2.46. The molecule has 10 nitrogen and oxygen atoms in total. The number of amides is 1. The first kappa shape index (κ1) is 23.7. The summed E-state index contributed by atoms with van der Waals surface area (Å²) in [6, 6.07) is 5.21. The van der Waals surface area contributed by atoms with Gasteiger partial charge in [0.1, 0.15) is 11.6 Å². The summed E-state index contributed by atoms with van der Waals surface area (Å²) in [5.41, 5.74) is -0.846. The number of esters is 1. The summed E-state index contributed by atoms with van der Waals surface area (Å²) in [6.07, 6.45) is -0.680. The van der Waals surface area contributed by atoms with Crippen LogP contribution in [0.5, 0.6) is 0 Å². The number of nitrogens with zero attached hydrogens (tertiary/aromatic N) is 2. The Hall–Kier alpha value is -2.53.